The Morgan fingerprint density at radius 2 is 1.85 bits per heavy atom. The van der Waals surface area contributed by atoms with Gasteiger partial charge in [0, 0.05) is 51.1 Å². The van der Waals surface area contributed by atoms with Crippen LogP contribution in [0, 0.1) is 19.9 Å². The number of likely N-dealkylation sites (tertiary alicyclic amines) is 1. The molecule has 0 spiro atoms. The van der Waals surface area contributed by atoms with Crippen molar-refractivity contribution in [3.8, 4) is 5.69 Å². The van der Waals surface area contributed by atoms with Gasteiger partial charge in [-0.1, -0.05) is 5.69 Å². The van der Waals surface area contributed by atoms with Crippen molar-refractivity contribution in [2.24, 2.45) is 0 Å². The first-order chi connectivity index (χ1) is 12.5. The van der Waals surface area contributed by atoms with Crippen LogP contribution in [0.3, 0.4) is 0 Å². The molecule has 0 unspecified atom stereocenters. The Morgan fingerprint density at radius 1 is 1.22 bits per heavy atom. The minimum absolute atomic E-state index is 0. The molecule has 0 N–H and O–H groups in total. The number of piperidine rings is 1. The van der Waals surface area contributed by atoms with Crippen LogP contribution in [0.5, 0.6) is 0 Å². The van der Waals surface area contributed by atoms with Crippen LogP contribution in [0.15, 0.2) is 30.3 Å². The van der Waals surface area contributed by atoms with Gasteiger partial charge in [0.1, 0.15) is 0 Å². The van der Waals surface area contributed by atoms with Crippen molar-refractivity contribution >= 4 is 5.78 Å². The second-order valence-electron chi connectivity index (χ2n) is 7.46. The van der Waals surface area contributed by atoms with E-state index in [1.54, 1.807) is 0 Å². The van der Waals surface area contributed by atoms with Crippen LogP contribution in [0.4, 0.5) is 0 Å². The van der Waals surface area contributed by atoms with E-state index in [4.69, 9.17) is 4.74 Å². The van der Waals surface area contributed by atoms with Crippen LogP contribution >= 0.6 is 0 Å². The number of aromatic nitrogens is 1. The summed E-state index contributed by atoms with van der Waals surface area (Å²) in [6, 6.07) is 12.9. The van der Waals surface area contributed by atoms with Gasteiger partial charge in [-0.05, 0) is 46.6 Å². The SMILES string of the molecule is Cc1cc(C(=O)CN2CCC(OC(C)C)CC2)c(C)n1-c1cc[c-]cc1.[W]. The molecule has 0 saturated carbocycles. The van der Waals surface area contributed by atoms with Crippen molar-refractivity contribution in [2.75, 3.05) is 19.6 Å². The van der Waals surface area contributed by atoms with Gasteiger partial charge >= 0.3 is 0 Å². The van der Waals surface area contributed by atoms with Gasteiger partial charge in [-0.25, -0.2) is 0 Å². The molecular weight excluding hydrogens is 508 g/mol. The fraction of sp³-hybridized carbons (Fsp3) is 0.500. The second-order valence-corrected chi connectivity index (χ2v) is 7.46. The van der Waals surface area contributed by atoms with Crippen molar-refractivity contribution in [3.05, 3.63) is 53.3 Å². The van der Waals surface area contributed by atoms with E-state index < -0.39 is 0 Å². The van der Waals surface area contributed by atoms with Gasteiger partial charge in [-0.2, -0.15) is 18.2 Å². The van der Waals surface area contributed by atoms with E-state index in [-0.39, 0.29) is 33.0 Å². The summed E-state index contributed by atoms with van der Waals surface area (Å²) in [5.74, 6) is 0.204. The molecule has 3 rings (SSSR count). The molecular formula is C22H29N2O2W-. The summed E-state index contributed by atoms with van der Waals surface area (Å²) in [7, 11) is 0. The van der Waals surface area contributed by atoms with Crippen molar-refractivity contribution in [1.82, 2.24) is 9.47 Å². The van der Waals surface area contributed by atoms with Crippen LogP contribution in [0.25, 0.3) is 5.69 Å². The molecule has 146 valence electrons. The molecule has 0 bridgehead atoms. The zero-order valence-corrected chi connectivity index (χ0v) is 19.6. The second kappa shape index (κ2) is 9.82. The third-order valence-electron chi connectivity index (χ3n) is 5.06. The van der Waals surface area contributed by atoms with E-state index in [0.29, 0.717) is 12.6 Å². The van der Waals surface area contributed by atoms with Gasteiger partial charge in [-0.15, -0.1) is 12.1 Å². The summed E-state index contributed by atoms with van der Waals surface area (Å²) in [6.45, 7) is 10.6. The van der Waals surface area contributed by atoms with E-state index in [0.717, 1.165) is 48.6 Å². The van der Waals surface area contributed by atoms with Crippen molar-refractivity contribution in [2.45, 2.75) is 52.7 Å². The summed E-state index contributed by atoms with van der Waals surface area (Å²) < 4.78 is 8.04. The van der Waals surface area contributed by atoms with Gasteiger partial charge in [0.15, 0.2) is 5.78 Å². The quantitative estimate of drug-likeness (QED) is 0.414. The molecule has 1 fully saturated rings. The van der Waals surface area contributed by atoms with Crippen LogP contribution in [-0.4, -0.2) is 47.1 Å². The number of ether oxygens (including phenoxy) is 1. The first-order valence-corrected chi connectivity index (χ1v) is 9.52. The maximum absolute atomic E-state index is 12.9. The Bertz CT molecular complexity index is 747. The number of carbonyl (C=O) groups excluding carboxylic acids is 1. The van der Waals surface area contributed by atoms with Gasteiger partial charge in [-0.3, -0.25) is 9.69 Å². The summed E-state index contributed by atoms with van der Waals surface area (Å²) >= 11 is 0. The standard InChI is InChI=1S/C22H29N2O2.W/c1-16(2)26-20-10-12-23(13-11-20)15-22(25)21-14-17(3)24(18(21)4)19-8-6-5-7-9-19;/h6-9,14,16,20H,10-13,15H2,1-4H3;/q-1;. The molecule has 0 radical (unpaired) electrons. The van der Waals surface area contributed by atoms with Gasteiger partial charge in [0.2, 0.25) is 0 Å². The number of carbonyl (C=O) groups is 1. The molecule has 2 heterocycles. The van der Waals surface area contributed by atoms with Crippen LogP contribution in [0.1, 0.15) is 48.4 Å². The van der Waals surface area contributed by atoms with E-state index in [9.17, 15) is 4.79 Å². The number of hydrogen-bond donors (Lipinski definition) is 0. The van der Waals surface area contributed by atoms with Gasteiger partial charge in [0.05, 0.1) is 18.8 Å². The summed E-state index contributed by atoms with van der Waals surface area (Å²) in [5, 5.41) is 0. The maximum Gasteiger partial charge on any atom is 0.178 e. The molecule has 5 heteroatoms. The fourth-order valence-corrected chi connectivity index (χ4v) is 3.85. The molecule has 0 amide bonds. The number of rotatable bonds is 6. The van der Waals surface area contributed by atoms with Crippen molar-refractivity contribution in [3.63, 3.8) is 0 Å². The number of Topliss-reactive ketones (excluding diaryl/α,β-unsaturated/α-hetero) is 1. The van der Waals surface area contributed by atoms with Crippen LogP contribution < -0.4 is 0 Å². The molecule has 1 aromatic heterocycles. The Hall–Kier alpha value is -1.22. The molecule has 1 saturated heterocycles. The summed E-state index contributed by atoms with van der Waals surface area (Å²) in [6.07, 6.45) is 2.62. The van der Waals surface area contributed by atoms with E-state index in [1.165, 1.54) is 0 Å². The number of benzene rings is 1. The third kappa shape index (κ3) is 5.40. The topological polar surface area (TPSA) is 34.5 Å². The average Bonchev–Trinajstić information content (AvgIpc) is 2.91. The average molecular weight is 537 g/mol. The molecule has 0 aliphatic carbocycles. The zero-order valence-electron chi connectivity index (χ0n) is 16.7. The minimum atomic E-state index is 0. The molecule has 2 aromatic rings. The van der Waals surface area contributed by atoms with Crippen molar-refractivity contribution in [1.29, 1.82) is 0 Å². The molecule has 1 aromatic carbocycles. The third-order valence-corrected chi connectivity index (χ3v) is 5.06. The summed E-state index contributed by atoms with van der Waals surface area (Å²) in [4.78, 5) is 15.2. The largest absolute Gasteiger partial charge is 0.375 e. The van der Waals surface area contributed by atoms with Gasteiger partial charge < -0.3 is 9.30 Å². The number of hydrogen-bond acceptors (Lipinski definition) is 3. The molecule has 0 atom stereocenters. The maximum atomic E-state index is 12.9. The summed E-state index contributed by atoms with van der Waals surface area (Å²) in [5.41, 5.74) is 4.00. The first kappa shape index (κ1) is 22.1. The molecule has 1 aliphatic rings. The normalized spacial score (nSPS) is 15.7. The Morgan fingerprint density at radius 3 is 2.44 bits per heavy atom. The van der Waals surface area contributed by atoms with Crippen molar-refractivity contribution < 1.29 is 30.6 Å². The van der Waals surface area contributed by atoms with E-state index in [1.807, 2.05) is 37.3 Å². The first-order valence-electron chi connectivity index (χ1n) is 9.52. The molecule has 4 nitrogen and oxygen atoms in total. The number of aryl methyl sites for hydroxylation is 1. The van der Waals surface area contributed by atoms with E-state index >= 15 is 0 Å². The predicted octanol–water partition coefficient (Wildman–Crippen LogP) is 3.96. The predicted molar refractivity (Wildman–Crippen MR) is 104 cm³/mol. The molecule has 1 aliphatic heterocycles. The molecule has 27 heavy (non-hydrogen) atoms. The Labute approximate surface area is 177 Å². The van der Waals surface area contributed by atoms with Crippen LogP contribution in [-0.2, 0) is 25.8 Å². The van der Waals surface area contributed by atoms with Crippen LogP contribution in [0.2, 0.25) is 0 Å². The Kier molecular flexibility index (Phi) is 8.02. The smallest absolute Gasteiger partial charge is 0.178 e. The minimum Gasteiger partial charge on any atom is -0.375 e. The number of nitrogens with zero attached hydrogens (tertiary/aromatic N) is 2. The fourth-order valence-electron chi connectivity index (χ4n) is 3.85. The van der Waals surface area contributed by atoms with E-state index in [2.05, 4.69) is 36.3 Å². The number of ketones is 1. The Balaban J connectivity index is 0.00000261. The zero-order chi connectivity index (χ0) is 18.7. The monoisotopic (exact) mass is 537 g/mol. The van der Waals surface area contributed by atoms with Gasteiger partial charge in [0.25, 0.3) is 0 Å².